The molecule has 1 unspecified atom stereocenters. The second-order valence-electron chi connectivity index (χ2n) is 8.58. The molecule has 1 atom stereocenters. The van der Waals surface area contributed by atoms with Gasteiger partial charge in [0.25, 0.3) is 11.8 Å². The number of aromatic nitrogens is 1. The van der Waals surface area contributed by atoms with Crippen LogP contribution in [0.1, 0.15) is 18.4 Å². The van der Waals surface area contributed by atoms with Crippen LogP contribution in [0, 0.1) is 5.82 Å². The van der Waals surface area contributed by atoms with Crippen molar-refractivity contribution in [3.8, 4) is 0 Å². The lowest BCUT2D eigenvalue weighted by molar-refractivity contribution is -0.123. The number of para-hydroxylation sites is 2. The number of urea groups is 1. The first-order chi connectivity index (χ1) is 17.4. The molecule has 0 radical (unpaired) electrons. The van der Waals surface area contributed by atoms with E-state index >= 15 is 0 Å². The maximum atomic E-state index is 14.3. The van der Waals surface area contributed by atoms with Crippen LogP contribution in [0.2, 0.25) is 0 Å². The smallest absolute Gasteiger partial charge is 0.336 e. The summed E-state index contributed by atoms with van der Waals surface area (Å²) in [6.07, 6.45) is 4.92. The third-order valence-electron chi connectivity index (χ3n) is 6.18. The number of barbiturate groups is 1. The zero-order valence-electron chi connectivity index (χ0n) is 19.2. The summed E-state index contributed by atoms with van der Waals surface area (Å²) in [4.78, 5) is 51.3. The van der Waals surface area contributed by atoms with Crippen LogP contribution in [0.4, 0.5) is 14.9 Å². The highest BCUT2D eigenvalue weighted by Gasteiger charge is 2.38. The van der Waals surface area contributed by atoms with Crippen molar-refractivity contribution in [2.45, 2.75) is 25.5 Å². The molecule has 2 saturated heterocycles. The molecule has 2 N–H and O–H groups in total. The zero-order valence-corrected chi connectivity index (χ0v) is 19.2. The van der Waals surface area contributed by atoms with Crippen LogP contribution >= 0.6 is 0 Å². The van der Waals surface area contributed by atoms with Crippen molar-refractivity contribution in [3.05, 3.63) is 71.7 Å². The van der Waals surface area contributed by atoms with Crippen LogP contribution < -0.4 is 15.5 Å². The van der Waals surface area contributed by atoms with Gasteiger partial charge >= 0.3 is 6.03 Å². The zero-order chi connectivity index (χ0) is 25.2. The van der Waals surface area contributed by atoms with Gasteiger partial charge in [0.05, 0.1) is 11.8 Å². The standard InChI is InChI=1S/C26H23FN4O5/c27-20-8-2-4-10-22(20)31-25(34)19(24(33)29-26(31)35)12-16-14-30(21-9-3-1-7-18(16)21)15-23(32)28-13-17-6-5-11-36-17/h1-4,7-10,12,14,17H,5-6,11,13,15H2,(H,28,32)(H,29,33,35)/b19-12+. The number of carbonyl (C=O) groups is 4. The van der Waals surface area contributed by atoms with Gasteiger partial charge < -0.3 is 14.6 Å². The fraction of sp³-hybridized carbons (Fsp3) is 0.231. The Hall–Kier alpha value is -4.31. The molecule has 0 aliphatic carbocycles. The number of ether oxygens (including phenoxy) is 1. The predicted octanol–water partition coefficient (Wildman–Crippen LogP) is 2.74. The molecule has 2 fully saturated rings. The van der Waals surface area contributed by atoms with Crippen molar-refractivity contribution in [3.63, 3.8) is 0 Å². The molecule has 3 aromatic rings. The summed E-state index contributed by atoms with van der Waals surface area (Å²) >= 11 is 0. The molecule has 10 heteroatoms. The summed E-state index contributed by atoms with van der Waals surface area (Å²) in [5.41, 5.74) is 0.633. The number of nitrogens with one attached hydrogen (secondary N) is 2. The van der Waals surface area contributed by atoms with Gasteiger partial charge in [-0.2, -0.15) is 0 Å². The second kappa shape index (κ2) is 9.74. The number of hydrogen-bond acceptors (Lipinski definition) is 5. The molecule has 3 heterocycles. The number of fused-ring (bicyclic) bond motifs is 1. The predicted molar refractivity (Wildman–Crippen MR) is 129 cm³/mol. The second-order valence-corrected chi connectivity index (χ2v) is 8.58. The monoisotopic (exact) mass is 490 g/mol. The van der Waals surface area contributed by atoms with Gasteiger partial charge in [0.15, 0.2) is 0 Å². The fourth-order valence-electron chi connectivity index (χ4n) is 4.43. The van der Waals surface area contributed by atoms with Crippen molar-refractivity contribution < 1.29 is 28.3 Å². The van der Waals surface area contributed by atoms with E-state index in [0.717, 1.165) is 24.4 Å². The molecule has 0 saturated carbocycles. The number of nitrogens with zero attached hydrogens (tertiary/aromatic N) is 2. The van der Waals surface area contributed by atoms with E-state index in [-0.39, 0.29) is 29.8 Å². The third-order valence-corrected chi connectivity index (χ3v) is 6.18. The molecule has 1 aromatic heterocycles. The number of imide groups is 2. The summed E-state index contributed by atoms with van der Waals surface area (Å²) < 4.78 is 21.6. The minimum Gasteiger partial charge on any atom is -0.376 e. The van der Waals surface area contributed by atoms with Crippen LogP contribution in [0.15, 0.2) is 60.3 Å². The van der Waals surface area contributed by atoms with Crippen LogP contribution in [-0.2, 0) is 25.7 Å². The molecule has 9 nitrogen and oxygen atoms in total. The van der Waals surface area contributed by atoms with E-state index in [0.29, 0.717) is 29.0 Å². The van der Waals surface area contributed by atoms with E-state index in [1.165, 1.54) is 24.3 Å². The normalized spacial score (nSPS) is 19.2. The molecule has 2 aromatic carbocycles. The Morgan fingerprint density at radius 1 is 1.14 bits per heavy atom. The lowest BCUT2D eigenvalue weighted by atomic mass is 10.1. The number of hydrogen-bond donors (Lipinski definition) is 2. The highest BCUT2D eigenvalue weighted by Crippen LogP contribution is 2.27. The summed E-state index contributed by atoms with van der Waals surface area (Å²) in [7, 11) is 0. The van der Waals surface area contributed by atoms with Gasteiger partial charge in [-0.05, 0) is 37.1 Å². The fourth-order valence-corrected chi connectivity index (χ4v) is 4.43. The van der Waals surface area contributed by atoms with E-state index < -0.39 is 23.7 Å². The van der Waals surface area contributed by atoms with Crippen LogP contribution in [0.25, 0.3) is 17.0 Å². The summed E-state index contributed by atoms with van der Waals surface area (Å²) in [6, 6.07) is 11.5. The number of carbonyl (C=O) groups excluding carboxylic acids is 4. The van der Waals surface area contributed by atoms with E-state index in [1.54, 1.807) is 22.9 Å². The largest absolute Gasteiger partial charge is 0.376 e. The Balaban J connectivity index is 1.45. The number of amides is 5. The lowest BCUT2D eigenvalue weighted by Crippen LogP contribution is -2.54. The molecule has 2 aliphatic rings. The Morgan fingerprint density at radius 2 is 1.92 bits per heavy atom. The maximum absolute atomic E-state index is 14.3. The van der Waals surface area contributed by atoms with E-state index in [4.69, 9.17) is 4.74 Å². The van der Waals surface area contributed by atoms with Gasteiger partial charge in [-0.25, -0.2) is 14.1 Å². The first-order valence-corrected chi connectivity index (χ1v) is 11.5. The first kappa shape index (κ1) is 23.4. The van der Waals surface area contributed by atoms with Crippen molar-refractivity contribution in [2.75, 3.05) is 18.1 Å². The van der Waals surface area contributed by atoms with Gasteiger partial charge in [0.2, 0.25) is 5.91 Å². The quantitative estimate of drug-likeness (QED) is 0.408. The highest BCUT2D eigenvalue weighted by atomic mass is 19.1. The highest BCUT2D eigenvalue weighted by molar-refractivity contribution is 6.39. The molecule has 2 aliphatic heterocycles. The summed E-state index contributed by atoms with van der Waals surface area (Å²) in [6.45, 7) is 1.16. The summed E-state index contributed by atoms with van der Waals surface area (Å²) in [5.74, 6) is -2.81. The average Bonchev–Trinajstić information content (AvgIpc) is 3.50. The van der Waals surface area contributed by atoms with Crippen molar-refractivity contribution >= 4 is 46.4 Å². The molecular weight excluding hydrogens is 467 g/mol. The molecule has 36 heavy (non-hydrogen) atoms. The Kier molecular flexibility index (Phi) is 6.34. The SMILES string of the molecule is O=C(Cn1cc(/C=C2\C(=O)NC(=O)N(c3ccccc3F)C2=O)c2ccccc21)NCC1CCCO1. The topological polar surface area (TPSA) is 110 Å². The van der Waals surface area contributed by atoms with Crippen LogP contribution in [0.5, 0.6) is 0 Å². The van der Waals surface area contributed by atoms with Gasteiger partial charge in [0, 0.05) is 35.8 Å². The molecule has 5 amide bonds. The van der Waals surface area contributed by atoms with E-state index in [2.05, 4.69) is 10.6 Å². The Bertz CT molecular complexity index is 1410. The van der Waals surface area contributed by atoms with Crippen molar-refractivity contribution in [1.29, 1.82) is 0 Å². The van der Waals surface area contributed by atoms with E-state index in [1.807, 2.05) is 12.1 Å². The van der Waals surface area contributed by atoms with Gasteiger partial charge in [0.1, 0.15) is 17.9 Å². The minimum absolute atomic E-state index is 0.0200. The number of halogens is 1. The number of rotatable bonds is 6. The Labute approximate surface area is 205 Å². The number of benzene rings is 2. The van der Waals surface area contributed by atoms with Crippen LogP contribution in [-0.4, -0.2) is 47.6 Å². The first-order valence-electron chi connectivity index (χ1n) is 11.5. The van der Waals surface area contributed by atoms with E-state index in [9.17, 15) is 23.6 Å². The summed E-state index contributed by atoms with van der Waals surface area (Å²) in [5, 5.41) is 5.68. The van der Waals surface area contributed by atoms with Gasteiger partial charge in [-0.1, -0.05) is 30.3 Å². The molecule has 184 valence electrons. The number of anilines is 1. The van der Waals surface area contributed by atoms with Gasteiger partial charge in [-0.15, -0.1) is 0 Å². The van der Waals surface area contributed by atoms with Crippen LogP contribution in [0.3, 0.4) is 0 Å². The van der Waals surface area contributed by atoms with Gasteiger partial charge in [-0.3, -0.25) is 19.7 Å². The molecular formula is C26H23FN4O5. The van der Waals surface area contributed by atoms with Crippen molar-refractivity contribution in [1.82, 2.24) is 15.2 Å². The lowest BCUT2D eigenvalue weighted by Gasteiger charge is -2.26. The Morgan fingerprint density at radius 3 is 2.69 bits per heavy atom. The third kappa shape index (κ3) is 4.50. The molecule has 5 rings (SSSR count). The van der Waals surface area contributed by atoms with Crippen molar-refractivity contribution in [2.24, 2.45) is 0 Å². The minimum atomic E-state index is -1.03. The maximum Gasteiger partial charge on any atom is 0.336 e. The molecule has 0 bridgehead atoms. The molecule has 0 spiro atoms. The average molecular weight is 490 g/mol.